The standard InChI is InChI=1S/C16H22BrN3O/c1-4-20-10-15(9-19-20)21-11-14-6-5-13(7-16(14)17)8-18-12(2)3/h5-7,9-10,12,18H,4,8,11H2,1-3H3. The molecule has 21 heavy (non-hydrogen) atoms. The molecular weight excluding hydrogens is 330 g/mol. The molecule has 0 saturated heterocycles. The highest BCUT2D eigenvalue weighted by Gasteiger charge is 2.05. The van der Waals surface area contributed by atoms with Gasteiger partial charge >= 0.3 is 0 Å². The molecule has 0 radical (unpaired) electrons. The molecule has 0 unspecified atom stereocenters. The van der Waals surface area contributed by atoms with E-state index in [0.717, 1.165) is 28.9 Å². The lowest BCUT2D eigenvalue weighted by molar-refractivity contribution is 0.305. The van der Waals surface area contributed by atoms with Crippen molar-refractivity contribution in [3.05, 3.63) is 46.2 Å². The Labute approximate surface area is 134 Å². The van der Waals surface area contributed by atoms with Crippen LogP contribution in [0.1, 0.15) is 31.9 Å². The minimum Gasteiger partial charge on any atom is -0.486 e. The Morgan fingerprint density at radius 1 is 1.38 bits per heavy atom. The molecule has 1 N–H and O–H groups in total. The van der Waals surface area contributed by atoms with Crippen molar-refractivity contribution in [1.29, 1.82) is 0 Å². The van der Waals surface area contributed by atoms with Crippen molar-refractivity contribution in [2.24, 2.45) is 0 Å². The molecule has 0 aliphatic heterocycles. The summed E-state index contributed by atoms with van der Waals surface area (Å²) in [4.78, 5) is 0. The second-order valence-corrected chi connectivity index (χ2v) is 6.14. The summed E-state index contributed by atoms with van der Waals surface area (Å²) < 4.78 is 8.69. The minimum absolute atomic E-state index is 0.488. The molecule has 114 valence electrons. The van der Waals surface area contributed by atoms with Gasteiger partial charge in [-0.2, -0.15) is 5.10 Å². The summed E-state index contributed by atoms with van der Waals surface area (Å²) >= 11 is 3.62. The van der Waals surface area contributed by atoms with Crippen molar-refractivity contribution >= 4 is 15.9 Å². The van der Waals surface area contributed by atoms with Gasteiger partial charge in [-0.05, 0) is 18.6 Å². The smallest absolute Gasteiger partial charge is 0.157 e. The second kappa shape index (κ2) is 7.61. The number of ether oxygens (including phenoxy) is 1. The van der Waals surface area contributed by atoms with Gasteiger partial charge < -0.3 is 10.1 Å². The first-order valence-electron chi connectivity index (χ1n) is 7.24. The molecule has 0 spiro atoms. The van der Waals surface area contributed by atoms with E-state index in [2.05, 4.69) is 65.3 Å². The fourth-order valence-electron chi connectivity index (χ4n) is 1.89. The summed E-state index contributed by atoms with van der Waals surface area (Å²) in [5.74, 6) is 0.800. The van der Waals surface area contributed by atoms with Crippen LogP contribution in [0.25, 0.3) is 0 Å². The predicted molar refractivity (Wildman–Crippen MR) is 88.4 cm³/mol. The molecule has 1 aromatic heterocycles. The van der Waals surface area contributed by atoms with E-state index in [1.54, 1.807) is 6.20 Å². The average molecular weight is 352 g/mol. The van der Waals surface area contributed by atoms with Crippen LogP contribution in [0.4, 0.5) is 0 Å². The van der Waals surface area contributed by atoms with Crippen LogP contribution in [0, 0.1) is 0 Å². The molecular formula is C16H22BrN3O. The van der Waals surface area contributed by atoms with Crippen molar-refractivity contribution in [2.45, 2.75) is 46.5 Å². The number of aryl methyl sites for hydroxylation is 1. The number of halogens is 1. The third-order valence-corrected chi connectivity index (χ3v) is 3.90. The van der Waals surface area contributed by atoms with E-state index >= 15 is 0 Å². The molecule has 5 heteroatoms. The fraction of sp³-hybridized carbons (Fsp3) is 0.438. The summed E-state index contributed by atoms with van der Waals surface area (Å²) in [7, 11) is 0. The zero-order valence-electron chi connectivity index (χ0n) is 12.8. The van der Waals surface area contributed by atoms with E-state index < -0.39 is 0 Å². The Morgan fingerprint density at radius 2 is 2.19 bits per heavy atom. The lowest BCUT2D eigenvalue weighted by atomic mass is 10.1. The van der Waals surface area contributed by atoms with Gasteiger partial charge in [-0.15, -0.1) is 0 Å². The summed E-state index contributed by atoms with van der Waals surface area (Å²) in [6, 6.07) is 6.87. The SMILES string of the molecule is CCn1cc(OCc2ccc(CNC(C)C)cc2Br)cn1. The Balaban J connectivity index is 1.94. The third kappa shape index (κ3) is 4.86. The van der Waals surface area contributed by atoms with Crippen molar-refractivity contribution < 1.29 is 4.74 Å². The molecule has 2 rings (SSSR count). The fourth-order valence-corrected chi connectivity index (χ4v) is 2.43. The zero-order chi connectivity index (χ0) is 15.2. The van der Waals surface area contributed by atoms with Crippen molar-refractivity contribution in [3.8, 4) is 5.75 Å². The van der Waals surface area contributed by atoms with Crippen LogP contribution in [-0.4, -0.2) is 15.8 Å². The maximum atomic E-state index is 5.76. The van der Waals surface area contributed by atoms with E-state index in [1.807, 2.05) is 10.9 Å². The van der Waals surface area contributed by atoms with Gasteiger partial charge in [-0.3, -0.25) is 4.68 Å². The molecule has 1 aromatic carbocycles. The molecule has 0 bridgehead atoms. The van der Waals surface area contributed by atoms with E-state index in [0.29, 0.717) is 12.6 Å². The Bertz CT molecular complexity index is 581. The Hall–Kier alpha value is -1.33. The minimum atomic E-state index is 0.488. The van der Waals surface area contributed by atoms with E-state index in [1.165, 1.54) is 5.56 Å². The third-order valence-electron chi connectivity index (χ3n) is 3.16. The summed E-state index contributed by atoms with van der Waals surface area (Å²) in [5.41, 5.74) is 2.39. The molecule has 2 aromatic rings. The number of hydrogen-bond acceptors (Lipinski definition) is 3. The van der Waals surface area contributed by atoms with Crippen molar-refractivity contribution in [1.82, 2.24) is 15.1 Å². The molecule has 0 aliphatic carbocycles. The van der Waals surface area contributed by atoms with Gasteiger partial charge in [0.05, 0.1) is 12.4 Å². The van der Waals surface area contributed by atoms with Crippen LogP contribution in [0.2, 0.25) is 0 Å². The first-order valence-corrected chi connectivity index (χ1v) is 8.03. The highest BCUT2D eigenvalue weighted by atomic mass is 79.9. The van der Waals surface area contributed by atoms with Gasteiger partial charge in [0, 0.05) is 29.2 Å². The van der Waals surface area contributed by atoms with Crippen LogP contribution in [-0.2, 0) is 19.7 Å². The number of benzene rings is 1. The van der Waals surface area contributed by atoms with Crippen LogP contribution in [0.5, 0.6) is 5.75 Å². The molecule has 0 amide bonds. The lowest BCUT2D eigenvalue weighted by Gasteiger charge is -2.11. The molecule has 0 aliphatic rings. The van der Waals surface area contributed by atoms with Gasteiger partial charge in [0.15, 0.2) is 5.75 Å². The second-order valence-electron chi connectivity index (χ2n) is 5.28. The monoisotopic (exact) mass is 351 g/mol. The van der Waals surface area contributed by atoms with E-state index in [4.69, 9.17) is 4.74 Å². The van der Waals surface area contributed by atoms with Gasteiger partial charge in [0.1, 0.15) is 6.61 Å². The largest absolute Gasteiger partial charge is 0.486 e. The summed E-state index contributed by atoms with van der Waals surface area (Å²) in [6.07, 6.45) is 3.66. The van der Waals surface area contributed by atoms with E-state index in [9.17, 15) is 0 Å². The molecule has 1 heterocycles. The zero-order valence-corrected chi connectivity index (χ0v) is 14.4. The van der Waals surface area contributed by atoms with Crippen LogP contribution in [0.15, 0.2) is 35.1 Å². The highest BCUT2D eigenvalue weighted by Crippen LogP contribution is 2.21. The molecule has 0 fully saturated rings. The molecule has 0 atom stereocenters. The first kappa shape index (κ1) is 16.0. The molecule has 0 saturated carbocycles. The Kier molecular flexibility index (Phi) is 5.82. The van der Waals surface area contributed by atoms with Gasteiger partial charge in [0.25, 0.3) is 0 Å². The number of nitrogens with one attached hydrogen (secondary N) is 1. The highest BCUT2D eigenvalue weighted by molar-refractivity contribution is 9.10. The van der Waals surface area contributed by atoms with Gasteiger partial charge in [-0.1, -0.05) is 41.9 Å². The van der Waals surface area contributed by atoms with Crippen LogP contribution >= 0.6 is 15.9 Å². The Morgan fingerprint density at radius 3 is 2.81 bits per heavy atom. The lowest BCUT2D eigenvalue weighted by Crippen LogP contribution is -2.21. The normalized spacial score (nSPS) is 11.1. The number of aromatic nitrogens is 2. The first-order chi connectivity index (χ1) is 10.1. The van der Waals surface area contributed by atoms with Crippen molar-refractivity contribution in [2.75, 3.05) is 0 Å². The average Bonchev–Trinajstić information content (AvgIpc) is 2.92. The quantitative estimate of drug-likeness (QED) is 0.825. The van der Waals surface area contributed by atoms with E-state index in [-0.39, 0.29) is 0 Å². The number of hydrogen-bond donors (Lipinski definition) is 1. The predicted octanol–water partition coefficient (Wildman–Crippen LogP) is 3.74. The summed E-state index contributed by atoms with van der Waals surface area (Å²) in [6.45, 7) is 8.61. The summed E-state index contributed by atoms with van der Waals surface area (Å²) in [5, 5.41) is 7.61. The topological polar surface area (TPSA) is 39.1 Å². The van der Waals surface area contributed by atoms with Gasteiger partial charge in [-0.25, -0.2) is 0 Å². The number of rotatable bonds is 7. The van der Waals surface area contributed by atoms with Crippen LogP contribution in [0.3, 0.4) is 0 Å². The maximum absolute atomic E-state index is 5.76. The van der Waals surface area contributed by atoms with Crippen molar-refractivity contribution in [3.63, 3.8) is 0 Å². The van der Waals surface area contributed by atoms with Crippen LogP contribution < -0.4 is 10.1 Å². The van der Waals surface area contributed by atoms with Gasteiger partial charge in [0.2, 0.25) is 0 Å². The maximum Gasteiger partial charge on any atom is 0.157 e. The molecule has 4 nitrogen and oxygen atoms in total. The number of nitrogens with zero attached hydrogens (tertiary/aromatic N) is 2.